The van der Waals surface area contributed by atoms with Crippen molar-refractivity contribution in [2.24, 2.45) is 0 Å². The normalized spacial score (nSPS) is 16.9. The van der Waals surface area contributed by atoms with E-state index in [2.05, 4.69) is 5.32 Å². The number of benzene rings is 2. The van der Waals surface area contributed by atoms with E-state index in [0.717, 1.165) is 31.2 Å². The Bertz CT molecular complexity index is 1140. The summed E-state index contributed by atoms with van der Waals surface area (Å²) in [6.45, 7) is 2.21. The number of fused-ring (bicyclic) bond motifs is 1. The highest BCUT2D eigenvalue weighted by atomic mass is 32.2. The van der Waals surface area contributed by atoms with Gasteiger partial charge >= 0.3 is 0 Å². The number of anilines is 1. The van der Waals surface area contributed by atoms with Crippen molar-refractivity contribution in [1.29, 1.82) is 0 Å². The largest absolute Gasteiger partial charge is 0.495 e. The van der Waals surface area contributed by atoms with Crippen LogP contribution in [0, 0.1) is 0 Å². The number of hydrogen-bond donors (Lipinski definition) is 1. The molecule has 2 heterocycles. The molecule has 0 bridgehead atoms. The number of carbonyl (C=O) groups is 1. The number of hydrogen-bond acceptors (Lipinski definition) is 6. The first-order valence-electron chi connectivity index (χ1n) is 11.0. The average Bonchev–Trinajstić information content (AvgIpc) is 3.08. The molecule has 2 aromatic rings. The quantitative estimate of drug-likeness (QED) is 0.645. The third kappa shape index (κ3) is 5.48. The molecule has 1 amide bonds. The molecule has 0 atom stereocenters. The van der Waals surface area contributed by atoms with Crippen LogP contribution < -0.4 is 19.5 Å². The van der Waals surface area contributed by atoms with Gasteiger partial charge in [0, 0.05) is 25.6 Å². The number of nitrogens with one attached hydrogen (secondary N) is 1. The maximum Gasteiger partial charge on any atom is 0.248 e. The zero-order valence-corrected chi connectivity index (χ0v) is 19.4. The van der Waals surface area contributed by atoms with Gasteiger partial charge in [0.2, 0.25) is 15.9 Å². The highest BCUT2D eigenvalue weighted by Gasteiger charge is 2.26. The third-order valence-corrected chi connectivity index (χ3v) is 7.47. The van der Waals surface area contributed by atoms with Crippen molar-refractivity contribution >= 4 is 27.7 Å². The van der Waals surface area contributed by atoms with Gasteiger partial charge in [0.25, 0.3) is 0 Å². The minimum Gasteiger partial charge on any atom is -0.495 e. The van der Waals surface area contributed by atoms with E-state index in [4.69, 9.17) is 14.2 Å². The number of methoxy groups -OCH3 is 1. The summed E-state index contributed by atoms with van der Waals surface area (Å²) >= 11 is 0. The van der Waals surface area contributed by atoms with Gasteiger partial charge in [-0.15, -0.1) is 0 Å². The van der Waals surface area contributed by atoms with Crippen molar-refractivity contribution in [3.05, 3.63) is 48.0 Å². The lowest BCUT2D eigenvalue weighted by atomic mass is 10.2. The molecule has 0 unspecified atom stereocenters. The molecule has 0 spiro atoms. The minimum atomic E-state index is -3.63. The first-order valence-corrected chi connectivity index (χ1v) is 12.5. The predicted molar refractivity (Wildman–Crippen MR) is 125 cm³/mol. The number of ether oxygens (including phenoxy) is 3. The van der Waals surface area contributed by atoms with E-state index in [1.165, 1.54) is 29.6 Å². The van der Waals surface area contributed by atoms with E-state index in [1.807, 2.05) is 18.2 Å². The number of nitrogens with zero attached hydrogens (tertiary/aromatic N) is 1. The molecule has 1 fully saturated rings. The fourth-order valence-electron chi connectivity index (χ4n) is 3.83. The minimum absolute atomic E-state index is 0.132. The van der Waals surface area contributed by atoms with Crippen LogP contribution in [0.15, 0.2) is 47.4 Å². The molecule has 0 radical (unpaired) electrons. The van der Waals surface area contributed by atoms with E-state index >= 15 is 0 Å². The van der Waals surface area contributed by atoms with Gasteiger partial charge in [-0.2, -0.15) is 4.31 Å². The maximum absolute atomic E-state index is 13.0. The van der Waals surface area contributed by atoms with Gasteiger partial charge in [-0.1, -0.05) is 12.5 Å². The Balaban J connectivity index is 1.50. The Kier molecular flexibility index (Phi) is 7.20. The molecule has 0 aliphatic carbocycles. The molecule has 33 heavy (non-hydrogen) atoms. The van der Waals surface area contributed by atoms with E-state index in [-0.39, 0.29) is 4.90 Å². The van der Waals surface area contributed by atoms with Gasteiger partial charge in [-0.3, -0.25) is 4.79 Å². The van der Waals surface area contributed by atoms with Crippen LogP contribution in [0.5, 0.6) is 17.2 Å². The fourth-order valence-corrected chi connectivity index (χ4v) is 5.37. The second-order valence-corrected chi connectivity index (χ2v) is 9.84. The molecule has 1 saturated heterocycles. The molecule has 4 rings (SSSR count). The summed E-state index contributed by atoms with van der Waals surface area (Å²) in [7, 11) is -2.16. The summed E-state index contributed by atoms with van der Waals surface area (Å²) in [5, 5.41) is 2.73. The Labute approximate surface area is 194 Å². The summed E-state index contributed by atoms with van der Waals surface area (Å²) in [5.74, 6) is 1.30. The van der Waals surface area contributed by atoms with Crippen molar-refractivity contribution in [2.75, 3.05) is 38.7 Å². The maximum atomic E-state index is 13.0. The molecule has 8 nitrogen and oxygen atoms in total. The zero-order chi connectivity index (χ0) is 23.3. The molecule has 2 aliphatic heterocycles. The first kappa shape index (κ1) is 23.1. The zero-order valence-electron chi connectivity index (χ0n) is 18.6. The molecular formula is C24H28N2O6S. The summed E-state index contributed by atoms with van der Waals surface area (Å²) in [6.07, 6.45) is 6.59. The fraction of sp³-hybridized carbons (Fsp3) is 0.375. The van der Waals surface area contributed by atoms with Crippen LogP contribution in [-0.4, -0.2) is 52.0 Å². The monoisotopic (exact) mass is 472 g/mol. The predicted octanol–water partition coefficient (Wildman–Crippen LogP) is 3.68. The van der Waals surface area contributed by atoms with Crippen LogP contribution in [0.25, 0.3) is 6.08 Å². The van der Waals surface area contributed by atoms with Crippen molar-refractivity contribution < 1.29 is 27.4 Å². The Hall–Kier alpha value is -3.04. The van der Waals surface area contributed by atoms with Crippen molar-refractivity contribution in [3.63, 3.8) is 0 Å². The molecule has 1 N–H and O–H groups in total. The highest BCUT2D eigenvalue weighted by Crippen LogP contribution is 2.32. The van der Waals surface area contributed by atoms with Crippen LogP contribution >= 0.6 is 0 Å². The molecule has 0 aromatic heterocycles. The van der Waals surface area contributed by atoms with Gasteiger partial charge in [0.1, 0.15) is 5.75 Å². The second kappa shape index (κ2) is 10.3. The lowest BCUT2D eigenvalue weighted by Crippen LogP contribution is -2.35. The summed E-state index contributed by atoms with van der Waals surface area (Å²) in [5.41, 5.74) is 1.08. The molecular weight excluding hydrogens is 444 g/mol. The molecule has 2 aliphatic rings. The smallest absolute Gasteiger partial charge is 0.248 e. The number of sulfonamides is 1. The summed E-state index contributed by atoms with van der Waals surface area (Å²) in [4.78, 5) is 12.7. The van der Waals surface area contributed by atoms with Gasteiger partial charge in [-0.05, 0) is 54.8 Å². The Morgan fingerprint density at radius 2 is 1.76 bits per heavy atom. The van der Waals surface area contributed by atoms with Gasteiger partial charge in [0.05, 0.1) is 30.9 Å². The Morgan fingerprint density at radius 3 is 2.52 bits per heavy atom. The Morgan fingerprint density at radius 1 is 1.00 bits per heavy atom. The highest BCUT2D eigenvalue weighted by molar-refractivity contribution is 7.89. The van der Waals surface area contributed by atoms with E-state index in [9.17, 15) is 13.2 Å². The van der Waals surface area contributed by atoms with Crippen LogP contribution in [0.3, 0.4) is 0 Å². The molecule has 176 valence electrons. The first-order chi connectivity index (χ1) is 16.0. The standard InChI is InChI=1S/C24H28N2O6S/c1-30-21-10-8-19(33(28,29)26-12-3-2-4-13-26)17-20(21)25-24(27)11-7-18-6-9-22-23(16-18)32-15-5-14-31-22/h6-11,16-17H,2-5,12-15H2,1H3,(H,25,27). The summed E-state index contributed by atoms with van der Waals surface area (Å²) in [6, 6.07) is 9.98. The van der Waals surface area contributed by atoms with Crippen molar-refractivity contribution in [2.45, 2.75) is 30.6 Å². The van der Waals surface area contributed by atoms with Crippen molar-refractivity contribution in [1.82, 2.24) is 4.31 Å². The van der Waals surface area contributed by atoms with E-state index in [0.29, 0.717) is 49.2 Å². The number of piperidine rings is 1. The topological polar surface area (TPSA) is 94.2 Å². The van der Waals surface area contributed by atoms with Gasteiger partial charge in [-0.25, -0.2) is 8.42 Å². The molecule has 9 heteroatoms. The number of rotatable bonds is 6. The third-order valence-electron chi connectivity index (χ3n) is 5.58. The molecule has 0 saturated carbocycles. The van der Waals surface area contributed by atoms with Crippen LogP contribution in [0.1, 0.15) is 31.2 Å². The summed E-state index contributed by atoms with van der Waals surface area (Å²) < 4.78 is 44.1. The van der Waals surface area contributed by atoms with Gasteiger partial charge < -0.3 is 19.5 Å². The van der Waals surface area contributed by atoms with Crippen LogP contribution in [0.2, 0.25) is 0 Å². The lowest BCUT2D eigenvalue weighted by Gasteiger charge is -2.26. The molecule has 2 aromatic carbocycles. The van der Waals surface area contributed by atoms with E-state index in [1.54, 1.807) is 12.1 Å². The SMILES string of the molecule is COc1ccc(S(=O)(=O)N2CCCCC2)cc1NC(=O)C=Cc1ccc2c(c1)OCCCO2. The lowest BCUT2D eigenvalue weighted by molar-refractivity contribution is -0.111. The van der Waals surface area contributed by atoms with Crippen LogP contribution in [-0.2, 0) is 14.8 Å². The van der Waals surface area contributed by atoms with Gasteiger partial charge in [0.15, 0.2) is 11.5 Å². The number of amides is 1. The number of carbonyl (C=O) groups excluding carboxylic acids is 1. The van der Waals surface area contributed by atoms with Crippen molar-refractivity contribution in [3.8, 4) is 17.2 Å². The van der Waals surface area contributed by atoms with E-state index < -0.39 is 15.9 Å². The average molecular weight is 473 g/mol. The van der Waals surface area contributed by atoms with Crippen LogP contribution in [0.4, 0.5) is 5.69 Å². The second-order valence-electron chi connectivity index (χ2n) is 7.91.